The zero-order valence-electron chi connectivity index (χ0n) is 8.39. The Morgan fingerprint density at radius 3 is 2.25 bits per heavy atom. The molecule has 3 nitrogen and oxygen atoms in total. The monoisotopic (exact) mass is 172 g/mol. The molecule has 0 aliphatic heterocycles. The highest BCUT2D eigenvalue weighted by Crippen LogP contribution is 2.06. The molecule has 0 atom stereocenters. The summed E-state index contributed by atoms with van der Waals surface area (Å²) in [6.07, 6.45) is 0.843. The van der Waals surface area contributed by atoms with Crippen LogP contribution in [0.2, 0.25) is 0 Å². The third kappa shape index (κ3) is 3.53. The van der Waals surface area contributed by atoms with Crippen molar-refractivity contribution in [3.63, 3.8) is 0 Å². The Bertz CT molecular complexity index is 179. The highest BCUT2D eigenvalue weighted by Gasteiger charge is 2.22. The Kier molecular flexibility index (Phi) is 3.96. The SMILES string of the molecule is C=C(C(=O)OCCC)[N+](C)(C)C. The fraction of sp³-hybridized carbons (Fsp3) is 0.667. The molecular formula is C9H18NO2+. The Labute approximate surface area is 74.2 Å². The van der Waals surface area contributed by atoms with Crippen molar-refractivity contribution in [3.05, 3.63) is 12.3 Å². The molecule has 0 aromatic carbocycles. The second kappa shape index (κ2) is 4.26. The van der Waals surface area contributed by atoms with Crippen LogP contribution in [-0.2, 0) is 9.53 Å². The van der Waals surface area contributed by atoms with Crippen molar-refractivity contribution >= 4 is 5.97 Å². The quantitative estimate of drug-likeness (QED) is 0.361. The molecule has 0 bridgehead atoms. The van der Waals surface area contributed by atoms with Crippen molar-refractivity contribution in [1.29, 1.82) is 0 Å². The van der Waals surface area contributed by atoms with Crippen LogP contribution in [0.4, 0.5) is 0 Å². The molecule has 0 fully saturated rings. The number of quaternary nitrogens is 1. The van der Waals surface area contributed by atoms with Gasteiger partial charge in [0, 0.05) is 0 Å². The van der Waals surface area contributed by atoms with E-state index in [0.717, 1.165) is 6.42 Å². The summed E-state index contributed by atoms with van der Waals surface area (Å²) in [7, 11) is 5.65. The third-order valence-electron chi connectivity index (χ3n) is 1.48. The van der Waals surface area contributed by atoms with Gasteiger partial charge in [0.05, 0.1) is 27.7 Å². The molecule has 0 aromatic heterocycles. The van der Waals surface area contributed by atoms with Crippen molar-refractivity contribution in [2.45, 2.75) is 13.3 Å². The van der Waals surface area contributed by atoms with Gasteiger partial charge >= 0.3 is 5.97 Å². The molecular weight excluding hydrogens is 154 g/mol. The maximum absolute atomic E-state index is 11.2. The number of likely N-dealkylation sites (N-methyl/N-ethyl adjacent to an activating group) is 1. The topological polar surface area (TPSA) is 26.3 Å². The summed E-state index contributed by atoms with van der Waals surface area (Å²) in [6.45, 7) is 6.11. The number of nitrogens with zero attached hydrogens (tertiary/aromatic N) is 1. The van der Waals surface area contributed by atoms with Crippen LogP contribution in [0.15, 0.2) is 12.3 Å². The van der Waals surface area contributed by atoms with Gasteiger partial charge in [-0.1, -0.05) is 6.92 Å². The van der Waals surface area contributed by atoms with Gasteiger partial charge in [-0.05, 0) is 13.0 Å². The van der Waals surface area contributed by atoms with Gasteiger partial charge in [0.15, 0.2) is 0 Å². The van der Waals surface area contributed by atoms with E-state index in [4.69, 9.17) is 4.74 Å². The number of carbonyl (C=O) groups excluding carboxylic acids is 1. The van der Waals surface area contributed by atoms with Crippen LogP contribution in [0, 0.1) is 0 Å². The first-order valence-corrected chi connectivity index (χ1v) is 4.07. The smallest absolute Gasteiger partial charge is 0.392 e. The Balaban J connectivity index is 4.04. The lowest BCUT2D eigenvalue weighted by Crippen LogP contribution is -2.37. The van der Waals surface area contributed by atoms with Crippen molar-refractivity contribution in [2.24, 2.45) is 0 Å². The molecule has 0 unspecified atom stereocenters. The lowest BCUT2D eigenvalue weighted by atomic mass is 10.4. The molecule has 0 saturated carbocycles. The van der Waals surface area contributed by atoms with Gasteiger partial charge < -0.3 is 4.74 Å². The van der Waals surface area contributed by atoms with E-state index >= 15 is 0 Å². The second-order valence-corrected chi connectivity index (χ2v) is 3.60. The van der Waals surface area contributed by atoms with Crippen LogP contribution in [0.5, 0.6) is 0 Å². The molecule has 0 aromatic rings. The average molecular weight is 172 g/mol. The van der Waals surface area contributed by atoms with Gasteiger partial charge in [0.2, 0.25) is 5.70 Å². The number of esters is 1. The van der Waals surface area contributed by atoms with Crippen molar-refractivity contribution in [2.75, 3.05) is 27.7 Å². The van der Waals surface area contributed by atoms with Crippen LogP contribution in [-0.4, -0.2) is 38.2 Å². The first-order chi connectivity index (χ1) is 5.39. The first-order valence-electron chi connectivity index (χ1n) is 4.07. The number of carbonyl (C=O) groups is 1. The molecule has 0 saturated heterocycles. The van der Waals surface area contributed by atoms with E-state index in [1.807, 2.05) is 28.1 Å². The van der Waals surface area contributed by atoms with E-state index < -0.39 is 0 Å². The van der Waals surface area contributed by atoms with Gasteiger partial charge in [-0.2, -0.15) is 0 Å². The zero-order valence-corrected chi connectivity index (χ0v) is 8.39. The fourth-order valence-electron chi connectivity index (χ4n) is 0.552. The molecule has 0 amide bonds. The van der Waals surface area contributed by atoms with Crippen molar-refractivity contribution in [1.82, 2.24) is 0 Å². The summed E-state index contributed by atoms with van der Waals surface area (Å²) in [5, 5.41) is 0. The summed E-state index contributed by atoms with van der Waals surface area (Å²) in [4.78, 5) is 11.2. The predicted molar refractivity (Wildman–Crippen MR) is 48.4 cm³/mol. The molecule has 0 rings (SSSR count). The lowest BCUT2D eigenvalue weighted by Gasteiger charge is -2.23. The van der Waals surface area contributed by atoms with Gasteiger partial charge in [-0.15, -0.1) is 0 Å². The Morgan fingerprint density at radius 2 is 1.92 bits per heavy atom. The third-order valence-corrected chi connectivity index (χ3v) is 1.48. The first kappa shape index (κ1) is 11.2. The molecule has 0 heterocycles. The van der Waals surface area contributed by atoms with E-state index in [1.165, 1.54) is 0 Å². The minimum Gasteiger partial charge on any atom is -0.458 e. The van der Waals surface area contributed by atoms with Gasteiger partial charge in [-0.25, -0.2) is 4.79 Å². The summed E-state index contributed by atoms with van der Waals surface area (Å²) in [5.74, 6) is -0.302. The van der Waals surface area contributed by atoms with Crippen molar-refractivity contribution in [3.8, 4) is 0 Å². The van der Waals surface area contributed by atoms with E-state index in [-0.39, 0.29) is 5.97 Å². The summed E-state index contributed by atoms with van der Waals surface area (Å²) < 4.78 is 5.34. The Morgan fingerprint density at radius 1 is 1.42 bits per heavy atom. The van der Waals surface area contributed by atoms with Gasteiger partial charge in [-0.3, -0.25) is 4.48 Å². The molecule has 12 heavy (non-hydrogen) atoms. The highest BCUT2D eigenvalue weighted by atomic mass is 16.5. The zero-order chi connectivity index (χ0) is 9.78. The lowest BCUT2D eigenvalue weighted by molar-refractivity contribution is -0.826. The summed E-state index contributed by atoms with van der Waals surface area (Å²) in [5.41, 5.74) is 0.475. The largest absolute Gasteiger partial charge is 0.458 e. The van der Waals surface area contributed by atoms with E-state index in [2.05, 4.69) is 6.58 Å². The molecule has 3 heteroatoms. The summed E-state index contributed by atoms with van der Waals surface area (Å²) in [6, 6.07) is 0. The minimum atomic E-state index is -0.302. The van der Waals surface area contributed by atoms with Crippen LogP contribution in [0.25, 0.3) is 0 Å². The van der Waals surface area contributed by atoms with Crippen LogP contribution < -0.4 is 0 Å². The van der Waals surface area contributed by atoms with Crippen LogP contribution in [0.3, 0.4) is 0 Å². The summed E-state index contributed by atoms with van der Waals surface area (Å²) >= 11 is 0. The van der Waals surface area contributed by atoms with Gasteiger partial charge in [0.25, 0.3) is 0 Å². The average Bonchev–Trinajstić information content (AvgIpc) is 1.97. The number of rotatable bonds is 4. The van der Waals surface area contributed by atoms with E-state index in [9.17, 15) is 4.79 Å². The highest BCUT2D eigenvalue weighted by molar-refractivity contribution is 5.85. The standard InChI is InChI=1S/C9H18NO2/c1-6-7-12-9(11)8(2)10(3,4)5/h2,6-7H2,1,3-5H3/q+1. The molecule has 0 N–H and O–H groups in total. The second-order valence-electron chi connectivity index (χ2n) is 3.60. The maximum atomic E-state index is 11.2. The minimum absolute atomic E-state index is 0.302. The molecule has 0 radical (unpaired) electrons. The van der Waals surface area contributed by atoms with Crippen molar-refractivity contribution < 1.29 is 14.0 Å². The van der Waals surface area contributed by atoms with Gasteiger partial charge in [0.1, 0.15) is 0 Å². The fourth-order valence-corrected chi connectivity index (χ4v) is 0.552. The molecule has 0 aliphatic carbocycles. The normalized spacial score (nSPS) is 11.0. The van der Waals surface area contributed by atoms with Crippen LogP contribution in [0.1, 0.15) is 13.3 Å². The van der Waals surface area contributed by atoms with E-state index in [0.29, 0.717) is 16.8 Å². The Hall–Kier alpha value is -0.830. The number of hydrogen-bond donors (Lipinski definition) is 0. The van der Waals surface area contributed by atoms with Crippen LogP contribution >= 0.6 is 0 Å². The molecule has 0 aliphatic rings. The maximum Gasteiger partial charge on any atom is 0.392 e. The predicted octanol–water partition coefficient (Wildman–Crippen LogP) is 1.16. The number of hydrogen-bond acceptors (Lipinski definition) is 2. The number of ether oxygens (including phenoxy) is 1. The molecule has 0 spiro atoms. The van der Waals surface area contributed by atoms with E-state index in [1.54, 1.807) is 0 Å². The molecule has 70 valence electrons.